The van der Waals surface area contributed by atoms with Crippen LogP contribution >= 0.6 is 7.82 Å². The molecule has 55 heavy (non-hydrogen) atoms. The molecule has 3 saturated carbocycles. The first-order chi connectivity index (χ1) is 25.8. The van der Waals surface area contributed by atoms with Gasteiger partial charge >= 0.3 is 7.82 Å². The maximum absolute atomic E-state index is 11.5. The van der Waals surface area contributed by atoms with Gasteiger partial charge in [0.2, 0.25) is 0 Å². The normalized spacial score (nSPS) is 55.3. The van der Waals surface area contributed by atoms with E-state index in [1.807, 2.05) is 0 Å². The second kappa shape index (κ2) is 14.8. The van der Waals surface area contributed by atoms with E-state index in [0.29, 0.717) is 48.3 Å². The Hall–Kier alpha value is -0.590. The van der Waals surface area contributed by atoms with Crippen LogP contribution in [0.15, 0.2) is 11.6 Å². The number of rotatable bonds is 7. The Bertz CT molecular complexity index is 1480. The minimum Gasteiger partial charge on any atom is -0.388 e. The molecule has 7 N–H and O–H groups in total. The molecule has 1 spiro atoms. The van der Waals surface area contributed by atoms with E-state index in [1.54, 1.807) is 0 Å². The van der Waals surface area contributed by atoms with Gasteiger partial charge in [0, 0.05) is 12.3 Å². The van der Waals surface area contributed by atoms with Crippen LogP contribution in [0.25, 0.3) is 0 Å². The Balaban J connectivity index is 0.976. The Morgan fingerprint density at radius 2 is 1.62 bits per heavy atom. The number of fused-ring (bicyclic) bond motifs is 7. The van der Waals surface area contributed by atoms with Crippen molar-refractivity contribution in [3.8, 4) is 0 Å². The molecule has 0 bridgehead atoms. The number of allylic oxidation sites excluding steroid dienone is 1. The number of phosphoric ester groups is 1. The van der Waals surface area contributed by atoms with Gasteiger partial charge in [0.15, 0.2) is 18.4 Å². The van der Waals surface area contributed by atoms with Crippen molar-refractivity contribution in [3.05, 3.63) is 11.6 Å². The molecule has 4 aliphatic heterocycles. The van der Waals surface area contributed by atoms with Crippen LogP contribution in [0.5, 0.6) is 0 Å². The lowest BCUT2D eigenvalue weighted by molar-refractivity contribution is -0.369. The Morgan fingerprint density at radius 3 is 2.33 bits per heavy atom. The maximum Gasteiger partial charge on any atom is 0.469 e. The van der Waals surface area contributed by atoms with Crippen LogP contribution < -0.4 is 0 Å². The van der Waals surface area contributed by atoms with Crippen LogP contribution in [-0.2, 0) is 37.5 Å². The summed E-state index contributed by atoms with van der Waals surface area (Å²) in [6.07, 6.45) is -3.90. The molecule has 21 atom stereocenters. The predicted molar refractivity (Wildman–Crippen MR) is 192 cm³/mol. The molecular weight excluding hydrogens is 739 g/mol. The zero-order chi connectivity index (χ0) is 39.4. The van der Waals surface area contributed by atoms with Crippen molar-refractivity contribution in [2.45, 2.75) is 172 Å². The van der Waals surface area contributed by atoms with Gasteiger partial charge in [-0.05, 0) is 98.7 Å². The number of ether oxygens (including phenoxy) is 6. The van der Waals surface area contributed by atoms with Crippen molar-refractivity contribution < 1.29 is 72.8 Å². The maximum atomic E-state index is 11.5. The monoisotopic (exact) mass is 802 g/mol. The van der Waals surface area contributed by atoms with Crippen molar-refractivity contribution in [2.75, 3.05) is 13.2 Å². The summed E-state index contributed by atoms with van der Waals surface area (Å²) >= 11 is 0. The van der Waals surface area contributed by atoms with Gasteiger partial charge in [0.05, 0.1) is 31.5 Å². The standard InChI is InChI=1S/C39H63O15P/c1-18-8-13-39(48-16-18)19(2)28-26(54-39)15-25-23-7-6-21-14-22(9-11-37(21,4)24(23)10-12-38(25,28)5)51-36-34(53-35-33(44)31(42)29(40)20(3)50-35)32(43)30(41)27(52-36)17-49-55(45,46)47/h6,18-20,22-36,40-44H,7-17H2,1-5H3,(H2,45,46,47)/t18-,19+,20?,22+,23-,24+,25+,26+,27?,28+,29+,30-,31+,32+,33?,34?,35+,36-,37+,38+,39-/m1/s1. The fourth-order valence-electron chi connectivity index (χ4n) is 12.7. The van der Waals surface area contributed by atoms with E-state index < -0.39 is 81.6 Å². The van der Waals surface area contributed by atoms with Crippen LogP contribution in [0.3, 0.4) is 0 Å². The van der Waals surface area contributed by atoms with Gasteiger partial charge in [-0.3, -0.25) is 4.52 Å². The topological polar surface area (TPSA) is 223 Å². The van der Waals surface area contributed by atoms with E-state index in [1.165, 1.54) is 12.5 Å². The fraction of sp³-hybridized carbons (Fsp3) is 0.949. The Morgan fingerprint density at radius 1 is 0.855 bits per heavy atom. The van der Waals surface area contributed by atoms with Gasteiger partial charge in [-0.15, -0.1) is 0 Å². The summed E-state index contributed by atoms with van der Waals surface area (Å²) in [5.41, 5.74) is 1.50. The zero-order valence-corrected chi connectivity index (χ0v) is 33.5. The summed E-state index contributed by atoms with van der Waals surface area (Å²) in [7, 11) is -4.94. The second-order valence-electron chi connectivity index (χ2n) is 18.9. The van der Waals surface area contributed by atoms with Crippen LogP contribution in [0.4, 0.5) is 0 Å². The number of aliphatic hydroxyl groups excluding tert-OH is 5. The highest BCUT2D eigenvalue weighted by Gasteiger charge is 2.69. The first kappa shape index (κ1) is 41.2. The number of hydrogen-bond acceptors (Lipinski definition) is 13. The molecule has 0 aromatic rings. The average Bonchev–Trinajstić information content (AvgIpc) is 3.58. The molecule has 16 heteroatoms. The van der Waals surface area contributed by atoms with E-state index in [9.17, 15) is 39.9 Å². The highest BCUT2D eigenvalue weighted by Crippen LogP contribution is 2.70. The van der Waals surface area contributed by atoms with E-state index in [4.69, 9.17) is 28.4 Å². The number of hydrogen-bond donors (Lipinski definition) is 7. The number of aliphatic hydroxyl groups is 5. The molecule has 7 fully saturated rings. The van der Waals surface area contributed by atoms with Crippen molar-refractivity contribution in [1.82, 2.24) is 0 Å². The highest BCUT2D eigenvalue weighted by atomic mass is 31.2. The lowest BCUT2D eigenvalue weighted by atomic mass is 9.47. The molecule has 0 aromatic heterocycles. The molecule has 4 heterocycles. The average molecular weight is 803 g/mol. The third-order valence-electron chi connectivity index (χ3n) is 15.8. The summed E-state index contributed by atoms with van der Waals surface area (Å²) in [6, 6.07) is 0. The van der Waals surface area contributed by atoms with Gasteiger partial charge in [-0.25, -0.2) is 4.57 Å². The summed E-state index contributed by atoms with van der Waals surface area (Å²) in [5, 5.41) is 53.5. The summed E-state index contributed by atoms with van der Waals surface area (Å²) in [5.74, 6) is 2.62. The molecule has 8 aliphatic rings. The summed E-state index contributed by atoms with van der Waals surface area (Å²) < 4.78 is 53.7. The molecule has 314 valence electrons. The molecular formula is C39H63O15P. The summed E-state index contributed by atoms with van der Waals surface area (Å²) in [6.45, 7) is 11.1. The van der Waals surface area contributed by atoms with Crippen molar-refractivity contribution >= 4 is 7.82 Å². The van der Waals surface area contributed by atoms with Gasteiger partial charge < -0.3 is 63.7 Å². The van der Waals surface area contributed by atoms with Crippen LogP contribution in [0.1, 0.15) is 92.4 Å². The Kier molecular flexibility index (Phi) is 11.1. The first-order valence-corrected chi connectivity index (χ1v) is 22.1. The SMILES string of the molecule is CC1O[C@@H](OC2[C@H](O[C@H]3CC[C@@]4(C)C(=CC[C@H]5[C@@H]6C[C@@H]7O[C@]8(CC[C@@H](C)CO8)[C@@H](C)[C@@H]7[C@@]6(C)CC[C@@H]54)C3)OC(COP(=O)(O)O)[C@@H](O)[C@@H]2O)C(O)[C@@H](O)[C@H]1O. The molecule has 8 rings (SSSR count). The van der Waals surface area contributed by atoms with Crippen molar-refractivity contribution in [2.24, 2.45) is 46.3 Å². The molecule has 4 saturated heterocycles. The largest absolute Gasteiger partial charge is 0.469 e. The quantitative estimate of drug-likeness (QED) is 0.145. The van der Waals surface area contributed by atoms with E-state index in [0.717, 1.165) is 51.6 Å². The molecule has 0 radical (unpaired) electrons. The third kappa shape index (κ3) is 7.06. The molecule has 0 amide bonds. The molecule has 0 aromatic carbocycles. The minimum atomic E-state index is -4.94. The predicted octanol–water partition coefficient (Wildman–Crippen LogP) is 2.51. The fourth-order valence-corrected chi connectivity index (χ4v) is 13.0. The lowest BCUT2D eigenvalue weighted by Crippen LogP contribution is -2.64. The molecule has 15 nitrogen and oxygen atoms in total. The van der Waals surface area contributed by atoms with Crippen LogP contribution in [0, 0.1) is 46.3 Å². The third-order valence-corrected chi connectivity index (χ3v) is 16.3. The van der Waals surface area contributed by atoms with E-state index in [-0.39, 0.29) is 23.0 Å². The first-order valence-electron chi connectivity index (χ1n) is 20.6. The summed E-state index contributed by atoms with van der Waals surface area (Å²) in [4.78, 5) is 18.6. The highest BCUT2D eigenvalue weighted by molar-refractivity contribution is 7.46. The van der Waals surface area contributed by atoms with Crippen molar-refractivity contribution in [1.29, 1.82) is 0 Å². The minimum absolute atomic E-state index is 0.0237. The van der Waals surface area contributed by atoms with E-state index >= 15 is 0 Å². The zero-order valence-electron chi connectivity index (χ0n) is 32.6. The van der Waals surface area contributed by atoms with Crippen LogP contribution in [0.2, 0.25) is 0 Å². The molecule has 4 aliphatic carbocycles. The van der Waals surface area contributed by atoms with E-state index in [2.05, 4.69) is 38.3 Å². The molecule has 4 unspecified atom stereocenters. The van der Waals surface area contributed by atoms with Crippen LogP contribution in [-0.4, -0.2) is 128 Å². The van der Waals surface area contributed by atoms with Gasteiger partial charge in [0.1, 0.15) is 42.7 Å². The van der Waals surface area contributed by atoms with Gasteiger partial charge in [-0.2, -0.15) is 0 Å². The number of phosphoric acid groups is 1. The smallest absolute Gasteiger partial charge is 0.388 e. The Labute approximate surface area is 323 Å². The van der Waals surface area contributed by atoms with Gasteiger partial charge in [0.25, 0.3) is 0 Å². The van der Waals surface area contributed by atoms with Crippen molar-refractivity contribution in [3.63, 3.8) is 0 Å². The second-order valence-corrected chi connectivity index (χ2v) is 20.1. The van der Waals surface area contributed by atoms with Gasteiger partial charge in [-0.1, -0.05) is 39.3 Å². The lowest BCUT2D eigenvalue weighted by Gasteiger charge is -2.58.